The first-order valence-electron chi connectivity index (χ1n) is 6.12. The van der Waals surface area contributed by atoms with Crippen molar-refractivity contribution in [2.75, 3.05) is 6.61 Å². The molecule has 0 aliphatic heterocycles. The maximum absolute atomic E-state index is 5.70. The SMILES string of the molecule is Cc1cc(C)n(CCOc2cccc(CN)c2)n1. The highest BCUT2D eigenvalue weighted by Crippen LogP contribution is 2.13. The Morgan fingerprint density at radius 2 is 2.11 bits per heavy atom. The van der Waals surface area contributed by atoms with Crippen molar-refractivity contribution >= 4 is 0 Å². The van der Waals surface area contributed by atoms with Crippen molar-refractivity contribution in [1.29, 1.82) is 0 Å². The fraction of sp³-hybridized carbons (Fsp3) is 0.357. The van der Waals surface area contributed by atoms with Gasteiger partial charge in [0.05, 0.1) is 12.2 Å². The van der Waals surface area contributed by atoms with Crippen molar-refractivity contribution in [3.05, 3.63) is 47.3 Å². The lowest BCUT2D eigenvalue weighted by Crippen LogP contribution is -2.11. The molecule has 2 N–H and O–H groups in total. The van der Waals surface area contributed by atoms with Crippen LogP contribution in [-0.4, -0.2) is 16.4 Å². The van der Waals surface area contributed by atoms with Gasteiger partial charge in [-0.3, -0.25) is 4.68 Å². The van der Waals surface area contributed by atoms with Gasteiger partial charge in [-0.05, 0) is 37.6 Å². The van der Waals surface area contributed by atoms with Gasteiger partial charge >= 0.3 is 0 Å². The largest absolute Gasteiger partial charge is 0.492 e. The third-order valence-corrected chi connectivity index (χ3v) is 2.81. The molecule has 18 heavy (non-hydrogen) atoms. The molecule has 96 valence electrons. The van der Waals surface area contributed by atoms with Crippen molar-refractivity contribution < 1.29 is 4.74 Å². The zero-order valence-corrected chi connectivity index (χ0v) is 10.9. The highest BCUT2D eigenvalue weighted by atomic mass is 16.5. The monoisotopic (exact) mass is 245 g/mol. The Kier molecular flexibility index (Phi) is 3.99. The predicted octanol–water partition coefficient (Wildman–Crippen LogP) is 2.04. The Bertz CT molecular complexity index is 520. The second kappa shape index (κ2) is 5.69. The summed E-state index contributed by atoms with van der Waals surface area (Å²) in [6.45, 7) is 5.95. The fourth-order valence-electron chi connectivity index (χ4n) is 1.91. The standard InChI is InChI=1S/C14H19N3O/c1-11-8-12(2)17(16-11)6-7-18-14-5-3-4-13(9-14)10-15/h3-5,8-9H,6-7,10,15H2,1-2H3. The van der Waals surface area contributed by atoms with Crippen LogP contribution < -0.4 is 10.5 Å². The summed E-state index contributed by atoms with van der Waals surface area (Å²) in [5, 5.41) is 4.39. The van der Waals surface area contributed by atoms with Crippen molar-refractivity contribution in [1.82, 2.24) is 9.78 Å². The molecule has 4 nitrogen and oxygen atoms in total. The molecule has 0 saturated heterocycles. The molecule has 0 aliphatic carbocycles. The van der Waals surface area contributed by atoms with E-state index in [1.54, 1.807) is 0 Å². The van der Waals surface area contributed by atoms with Gasteiger partial charge in [0.25, 0.3) is 0 Å². The zero-order chi connectivity index (χ0) is 13.0. The number of aromatic nitrogens is 2. The molecular formula is C14H19N3O. The first kappa shape index (κ1) is 12.6. The van der Waals surface area contributed by atoms with Gasteiger partial charge in [-0.25, -0.2) is 0 Å². The molecule has 0 saturated carbocycles. The van der Waals surface area contributed by atoms with E-state index < -0.39 is 0 Å². The van der Waals surface area contributed by atoms with Crippen LogP contribution in [0.3, 0.4) is 0 Å². The molecule has 1 aromatic heterocycles. The molecule has 0 bridgehead atoms. The minimum Gasteiger partial charge on any atom is -0.492 e. The molecule has 0 amide bonds. The molecule has 0 spiro atoms. The van der Waals surface area contributed by atoms with Gasteiger partial charge in [-0.15, -0.1) is 0 Å². The molecule has 0 fully saturated rings. The molecule has 0 aliphatic rings. The quantitative estimate of drug-likeness (QED) is 0.877. The maximum Gasteiger partial charge on any atom is 0.119 e. The molecule has 1 heterocycles. The van der Waals surface area contributed by atoms with Gasteiger partial charge in [-0.1, -0.05) is 12.1 Å². The van der Waals surface area contributed by atoms with Gasteiger partial charge in [0.1, 0.15) is 12.4 Å². The first-order chi connectivity index (χ1) is 8.69. The average Bonchev–Trinajstić information content (AvgIpc) is 2.68. The molecule has 4 heteroatoms. The van der Waals surface area contributed by atoms with E-state index in [0.29, 0.717) is 13.2 Å². The summed E-state index contributed by atoms with van der Waals surface area (Å²) in [7, 11) is 0. The van der Waals surface area contributed by atoms with E-state index in [9.17, 15) is 0 Å². The number of nitrogens with two attached hydrogens (primary N) is 1. The first-order valence-corrected chi connectivity index (χ1v) is 6.12. The minimum absolute atomic E-state index is 0.536. The third kappa shape index (κ3) is 3.11. The van der Waals surface area contributed by atoms with Gasteiger partial charge in [0.2, 0.25) is 0 Å². The van der Waals surface area contributed by atoms with E-state index >= 15 is 0 Å². The topological polar surface area (TPSA) is 53.1 Å². The summed E-state index contributed by atoms with van der Waals surface area (Å²) in [4.78, 5) is 0. The van der Waals surface area contributed by atoms with Crippen LogP contribution in [-0.2, 0) is 13.1 Å². The van der Waals surface area contributed by atoms with Crippen LogP contribution in [0.15, 0.2) is 30.3 Å². The average molecular weight is 245 g/mol. The van der Waals surface area contributed by atoms with Crippen molar-refractivity contribution in [3.8, 4) is 5.75 Å². The number of rotatable bonds is 5. The van der Waals surface area contributed by atoms with Gasteiger partial charge < -0.3 is 10.5 Å². The van der Waals surface area contributed by atoms with Crippen molar-refractivity contribution in [2.45, 2.75) is 26.9 Å². The number of nitrogens with zero attached hydrogens (tertiary/aromatic N) is 2. The highest BCUT2D eigenvalue weighted by Gasteiger charge is 2.01. The Morgan fingerprint density at radius 3 is 2.78 bits per heavy atom. The van der Waals surface area contributed by atoms with E-state index in [1.807, 2.05) is 35.9 Å². The summed E-state index contributed by atoms with van der Waals surface area (Å²) in [6.07, 6.45) is 0. The van der Waals surface area contributed by atoms with E-state index in [0.717, 1.165) is 29.2 Å². The van der Waals surface area contributed by atoms with Crippen molar-refractivity contribution in [3.63, 3.8) is 0 Å². The Balaban J connectivity index is 1.90. The number of hydrogen-bond acceptors (Lipinski definition) is 3. The predicted molar refractivity (Wildman–Crippen MR) is 71.5 cm³/mol. The van der Waals surface area contributed by atoms with Crippen LogP contribution in [0.5, 0.6) is 5.75 Å². The van der Waals surface area contributed by atoms with Crippen LogP contribution in [0.1, 0.15) is 17.0 Å². The third-order valence-electron chi connectivity index (χ3n) is 2.81. The second-order valence-electron chi connectivity index (χ2n) is 4.35. The van der Waals surface area contributed by atoms with Crippen LogP contribution in [0.25, 0.3) is 0 Å². The Morgan fingerprint density at radius 1 is 1.28 bits per heavy atom. The summed E-state index contributed by atoms with van der Waals surface area (Å²) < 4.78 is 7.66. The molecule has 0 unspecified atom stereocenters. The van der Waals surface area contributed by atoms with E-state index in [2.05, 4.69) is 18.1 Å². The van der Waals surface area contributed by atoms with E-state index in [1.165, 1.54) is 0 Å². The zero-order valence-electron chi connectivity index (χ0n) is 10.9. The smallest absolute Gasteiger partial charge is 0.119 e. The lowest BCUT2D eigenvalue weighted by atomic mass is 10.2. The normalized spacial score (nSPS) is 10.6. The van der Waals surface area contributed by atoms with E-state index in [4.69, 9.17) is 10.5 Å². The van der Waals surface area contributed by atoms with Crippen molar-refractivity contribution in [2.24, 2.45) is 5.73 Å². The lowest BCUT2D eigenvalue weighted by molar-refractivity contribution is 0.289. The van der Waals surface area contributed by atoms with Crippen LogP contribution in [0.4, 0.5) is 0 Å². The number of aryl methyl sites for hydroxylation is 2. The number of hydrogen-bond donors (Lipinski definition) is 1. The summed E-state index contributed by atoms with van der Waals surface area (Å²) >= 11 is 0. The number of benzene rings is 1. The van der Waals surface area contributed by atoms with Crippen LogP contribution in [0.2, 0.25) is 0 Å². The van der Waals surface area contributed by atoms with E-state index in [-0.39, 0.29) is 0 Å². The number of ether oxygens (including phenoxy) is 1. The summed E-state index contributed by atoms with van der Waals surface area (Å²) in [6, 6.07) is 9.94. The van der Waals surface area contributed by atoms with Gasteiger partial charge in [0, 0.05) is 12.2 Å². The molecule has 2 aromatic rings. The lowest BCUT2D eigenvalue weighted by Gasteiger charge is -2.08. The Hall–Kier alpha value is -1.81. The van der Waals surface area contributed by atoms with Gasteiger partial charge in [-0.2, -0.15) is 5.10 Å². The minimum atomic E-state index is 0.536. The molecule has 0 atom stereocenters. The summed E-state index contributed by atoms with van der Waals surface area (Å²) in [5.41, 5.74) is 8.87. The molecule has 0 radical (unpaired) electrons. The highest BCUT2D eigenvalue weighted by molar-refractivity contribution is 5.28. The van der Waals surface area contributed by atoms with Crippen LogP contribution in [0, 0.1) is 13.8 Å². The Labute approximate surface area is 107 Å². The maximum atomic E-state index is 5.70. The molecule has 1 aromatic carbocycles. The summed E-state index contributed by atoms with van der Waals surface area (Å²) in [5.74, 6) is 0.861. The van der Waals surface area contributed by atoms with Crippen LogP contribution >= 0.6 is 0 Å². The molecular weight excluding hydrogens is 226 g/mol. The fourth-order valence-corrected chi connectivity index (χ4v) is 1.91. The second-order valence-corrected chi connectivity index (χ2v) is 4.35. The molecule has 2 rings (SSSR count). The van der Waals surface area contributed by atoms with Gasteiger partial charge in [0.15, 0.2) is 0 Å².